The number of hydrogen-bond acceptors (Lipinski definition) is 7. The maximum atomic E-state index is 12.8. The van der Waals surface area contributed by atoms with Crippen molar-refractivity contribution in [3.63, 3.8) is 0 Å². The molecular formula is C22H29N3O7. The van der Waals surface area contributed by atoms with Gasteiger partial charge in [-0.2, -0.15) is 0 Å². The molecule has 1 saturated heterocycles. The summed E-state index contributed by atoms with van der Waals surface area (Å²) in [5, 5.41) is 4.99. The van der Waals surface area contributed by atoms with Crippen LogP contribution in [0.1, 0.15) is 42.1 Å². The lowest BCUT2D eigenvalue weighted by molar-refractivity contribution is -0.137. The maximum absolute atomic E-state index is 12.8. The van der Waals surface area contributed by atoms with E-state index in [1.54, 1.807) is 18.2 Å². The first-order chi connectivity index (χ1) is 15.5. The molecule has 0 radical (unpaired) electrons. The molecule has 10 heteroatoms. The summed E-state index contributed by atoms with van der Waals surface area (Å²) in [5.74, 6) is -0.974. The molecule has 1 aromatic rings. The minimum atomic E-state index is -0.698. The molecule has 174 valence electrons. The predicted octanol–water partition coefficient (Wildman–Crippen LogP) is 0.386. The molecule has 3 rings (SSSR count). The number of piperidine rings is 1. The van der Waals surface area contributed by atoms with E-state index in [-0.39, 0.29) is 43.7 Å². The maximum Gasteiger partial charge on any atom is 0.258 e. The Morgan fingerprint density at radius 1 is 1.16 bits per heavy atom. The lowest BCUT2D eigenvalue weighted by Crippen LogP contribution is -2.52. The molecule has 10 nitrogen and oxygen atoms in total. The van der Waals surface area contributed by atoms with Crippen molar-refractivity contribution in [1.29, 1.82) is 0 Å². The molecule has 0 bridgehead atoms. The van der Waals surface area contributed by atoms with Crippen molar-refractivity contribution in [2.45, 2.75) is 38.8 Å². The molecule has 4 amide bonds. The molecule has 2 aliphatic heterocycles. The van der Waals surface area contributed by atoms with E-state index in [1.807, 2.05) is 6.92 Å². The highest BCUT2D eigenvalue weighted by atomic mass is 16.5. The normalized spacial score (nSPS) is 17.8. The van der Waals surface area contributed by atoms with Gasteiger partial charge in [0.15, 0.2) is 6.61 Å². The monoisotopic (exact) mass is 447 g/mol. The van der Waals surface area contributed by atoms with E-state index >= 15 is 0 Å². The van der Waals surface area contributed by atoms with Gasteiger partial charge in [-0.25, -0.2) is 0 Å². The number of carbonyl (C=O) groups is 4. The number of nitrogens with zero attached hydrogens (tertiary/aromatic N) is 1. The highest BCUT2D eigenvalue weighted by Crippen LogP contribution is 2.33. The number of carbonyl (C=O) groups excluding carboxylic acids is 4. The Morgan fingerprint density at radius 2 is 1.94 bits per heavy atom. The van der Waals surface area contributed by atoms with Crippen molar-refractivity contribution in [1.82, 2.24) is 15.5 Å². The van der Waals surface area contributed by atoms with E-state index < -0.39 is 11.9 Å². The third-order valence-electron chi connectivity index (χ3n) is 5.19. The van der Waals surface area contributed by atoms with Gasteiger partial charge in [0.1, 0.15) is 11.8 Å². The quantitative estimate of drug-likeness (QED) is 0.351. The van der Waals surface area contributed by atoms with Crippen LogP contribution in [0.3, 0.4) is 0 Å². The Balaban J connectivity index is 1.46. The van der Waals surface area contributed by atoms with Crippen LogP contribution in [0.25, 0.3) is 0 Å². The summed E-state index contributed by atoms with van der Waals surface area (Å²) in [4.78, 5) is 49.9. The molecule has 2 heterocycles. The number of nitrogens with one attached hydrogen (secondary N) is 2. The first-order valence-corrected chi connectivity index (χ1v) is 10.8. The number of ether oxygens (including phenoxy) is 3. The minimum absolute atomic E-state index is 0.187. The summed E-state index contributed by atoms with van der Waals surface area (Å²) >= 11 is 0. The summed E-state index contributed by atoms with van der Waals surface area (Å²) in [5.41, 5.74) is 1.07. The summed E-state index contributed by atoms with van der Waals surface area (Å²) in [7, 11) is 0. The van der Waals surface area contributed by atoms with Gasteiger partial charge < -0.3 is 24.4 Å². The Hall–Kier alpha value is -2.98. The molecule has 32 heavy (non-hydrogen) atoms. The molecule has 1 atom stereocenters. The fourth-order valence-electron chi connectivity index (χ4n) is 3.62. The van der Waals surface area contributed by atoms with Crippen LogP contribution in [0.2, 0.25) is 0 Å². The predicted molar refractivity (Wildman–Crippen MR) is 113 cm³/mol. The third-order valence-corrected chi connectivity index (χ3v) is 5.19. The van der Waals surface area contributed by atoms with Gasteiger partial charge in [0.05, 0.1) is 26.4 Å². The molecule has 2 N–H and O–H groups in total. The van der Waals surface area contributed by atoms with Crippen LogP contribution in [0.4, 0.5) is 0 Å². The van der Waals surface area contributed by atoms with Gasteiger partial charge in [-0.15, -0.1) is 0 Å². The molecular weight excluding hydrogens is 418 g/mol. The van der Waals surface area contributed by atoms with Gasteiger partial charge in [0, 0.05) is 30.7 Å². The second kappa shape index (κ2) is 11.6. The Labute approximate surface area is 186 Å². The molecule has 0 aromatic heterocycles. The SMILES string of the molecule is CCCOCCOCCNC(=O)COc1cccc2c1CN(C1CCC(=O)NC1=O)C2=O. The first kappa shape index (κ1) is 23.7. The summed E-state index contributed by atoms with van der Waals surface area (Å²) in [6.45, 7) is 4.45. The number of rotatable bonds is 12. The van der Waals surface area contributed by atoms with Gasteiger partial charge in [0.2, 0.25) is 11.8 Å². The lowest BCUT2D eigenvalue weighted by Gasteiger charge is -2.29. The highest BCUT2D eigenvalue weighted by molar-refractivity contribution is 6.05. The van der Waals surface area contributed by atoms with Gasteiger partial charge in [0.25, 0.3) is 11.8 Å². The van der Waals surface area contributed by atoms with Crippen molar-refractivity contribution in [2.24, 2.45) is 0 Å². The third kappa shape index (κ3) is 6.04. The number of benzene rings is 1. The second-order valence-corrected chi connectivity index (χ2v) is 7.55. The number of imide groups is 1. The Kier molecular flexibility index (Phi) is 8.57. The standard InChI is InChI=1S/C22H29N3O7/c1-2-9-30-11-12-31-10-8-23-20(27)14-32-18-5-3-4-15-16(18)13-25(22(15)29)17-6-7-19(26)24-21(17)28/h3-5,17H,2,6-14H2,1H3,(H,23,27)(H,24,26,28). The fourth-order valence-corrected chi connectivity index (χ4v) is 3.62. The van der Waals surface area contributed by atoms with Crippen molar-refractivity contribution in [3.05, 3.63) is 29.3 Å². The topological polar surface area (TPSA) is 123 Å². The van der Waals surface area contributed by atoms with E-state index in [9.17, 15) is 19.2 Å². The van der Waals surface area contributed by atoms with Crippen LogP contribution in [0.5, 0.6) is 5.75 Å². The van der Waals surface area contributed by atoms with Crippen molar-refractivity contribution < 1.29 is 33.4 Å². The second-order valence-electron chi connectivity index (χ2n) is 7.55. The van der Waals surface area contributed by atoms with Crippen LogP contribution in [-0.2, 0) is 30.4 Å². The first-order valence-electron chi connectivity index (χ1n) is 10.8. The van der Waals surface area contributed by atoms with Crippen LogP contribution >= 0.6 is 0 Å². The lowest BCUT2D eigenvalue weighted by atomic mass is 10.0. The van der Waals surface area contributed by atoms with Gasteiger partial charge >= 0.3 is 0 Å². The van der Waals surface area contributed by atoms with E-state index in [2.05, 4.69) is 10.6 Å². The average molecular weight is 447 g/mol. The van der Waals surface area contributed by atoms with E-state index in [0.29, 0.717) is 49.8 Å². The number of fused-ring (bicyclic) bond motifs is 1. The van der Waals surface area contributed by atoms with Crippen molar-refractivity contribution in [2.75, 3.05) is 39.6 Å². The summed E-state index contributed by atoms with van der Waals surface area (Å²) < 4.78 is 16.3. The smallest absolute Gasteiger partial charge is 0.258 e. The van der Waals surface area contributed by atoms with E-state index in [1.165, 1.54) is 4.90 Å². The number of hydrogen-bond donors (Lipinski definition) is 2. The van der Waals surface area contributed by atoms with Crippen LogP contribution in [-0.4, -0.2) is 74.1 Å². The van der Waals surface area contributed by atoms with Gasteiger partial charge in [-0.3, -0.25) is 24.5 Å². The molecule has 0 spiro atoms. The molecule has 1 unspecified atom stereocenters. The highest BCUT2D eigenvalue weighted by Gasteiger charge is 2.40. The number of amides is 4. The zero-order chi connectivity index (χ0) is 22.9. The summed E-state index contributed by atoms with van der Waals surface area (Å²) in [6.07, 6.45) is 1.44. The molecule has 1 fully saturated rings. The molecule has 0 aliphatic carbocycles. The van der Waals surface area contributed by atoms with Crippen molar-refractivity contribution in [3.8, 4) is 5.75 Å². The Morgan fingerprint density at radius 3 is 2.69 bits per heavy atom. The summed E-state index contributed by atoms with van der Waals surface area (Å²) in [6, 6.07) is 4.33. The van der Waals surface area contributed by atoms with E-state index in [0.717, 1.165) is 6.42 Å². The minimum Gasteiger partial charge on any atom is -0.483 e. The molecule has 1 aromatic carbocycles. The van der Waals surface area contributed by atoms with Crippen LogP contribution < -0.4 is 15.4 Å². The van der Waals surface area contributed by atoms with Gasteiger partial charge in [-0.05, 0) is 25.0 Å². The van der Waals surface area contributed by atoms with Crippen LogP contribution in [0.15, 0.2) is 18.2 Å². The fraction of sp³-hybridized carbons (Fsp3) is 0.545. The largest absolute Gasteiger partial charge is 0.483 e. The molecule has 0 saturated carbocycles. The Bertz CT molecular complexity index is 858. The van der Waals surface area contributed by atoms with Crippen molar-refractivity contribution >= 4 is 23.6 Å². The zero-order valence-corrected chi connectivity index (χ0v) is 18.2. The average Bonchev–Trinajstić information content (AvgIpc) is 3.11. The van der Waals surface area contributed by atoms with Gasteiger partial charge in [-0.1, -0.05) is 13.0 Å². The zero-order valence-electron chi connectivity index (χ0n) is 18.2. The van der Waals surface area contributed by atoms with Crippen LogP contribution in [0, 0.1) is 0 Å². The van der Waals surface area contributed by atoms with E-state index in [4.69, 9.17) is 14.2 Å². The molecule has 2 aliphatic rings.